The zero-order valence-electron chi connectivity index (χ0n) is 16.6. The van der Waals surface area contributed by atoms with Gasteiger partial charge in [-0.1, -0.05) is 66.7 Å². The van der Waals surface area contributed by atoms with Crippen LogP contribution in [0.5, 0.6) is 0 Å². The molecule has 5 aromatic rings. The highest BCUT2D eigenvalue weighted by Gasteiger charge is 2.09. The summed E-state index contributed by atoms with van der Waals surface area (Å²) in [6.07, 6.45) is 3.04. The number of hydrogen-bond donors (Lipinski definition) is 0. The molecule has 4 aromatic carbocycles. The minimum absolute atomic E-state index is 0.671. The lowest BCUT2D eigenvalue weighted by Crippen LogP contribution is -2.09. The highest BCUT2D eigenvalue weighted by atomic mass is 15.1. The van der Waals surface area contributed by atoms with Crippen molar-refractivity contribution in [1.29, 1.82) is 0 Å². The van der Waals surface area contributed by atoms with Crippen LogP contribution in [0.25, 0.3) is 33.3 Å². The Morgan fingerprint density at radius 3 is 2.07 bits per heavy atom. The quantitative estimate of drug-likeness (QED) is 0.372. The fourth-order valence-electron chi connectivity index (χ4n) is 3.75. The maximum absolute atomic E-state index is 4.26. The molecule has 4 heteroatoms. The van der Waals surface area contributed by atoms with Crippen LogP contribution in [0, 0.1) is 0 Å². The van der Waals surface area contributed by atoms with E-state index < -0.39 is 0 Å². The van der Waals surface area contributed by atoms with Gasteiger partial charge >= 0.3 is 0 Å². The van der Waals surface area contributed by atoms with E-state index in [1.54, 1.807) is 0 Å². The van der Waals surface area contributed by atoms with E-state index in [9.17, 15) is 0 Å². The Hall–Kier alpha value is -4.05. The summed E-state index contributed by atoms with van der Waals surface area (Å²) in [5.41, 5.74) is 5.59. The van der Waals surface area contributed by atoms with Gasteiger partial charge in [-0.05, 0) is 46.2 Å². The zero-order chi connectivity index (χ0) is 20.3. The van der Waals surface area contributed by atoms with E-state index in [2.05, 4.69) is 106 Å². The van der Waals surface area contributed by atoms with Crippen molar-refractivity contribution in [3.05, 3.63) is 104 Å². The molecule has 0 N–H and O–H groups in total. The van der Waals surface area contributed by atoms with Crippen LogP contribution < -0.4 is 4.90 Å². The first-order valence-corrected chi connectivity index (χ1v) is 9.84. The van der Waals surface area contributed by atoms with E-state index >= 15 is 0 Å². The minimum atomic E-state index is 0.671. The Balaban J connectivity index is 1.53. The number of anilines is 2. The van der Waals surface area contributed by atoms with E-state index in [1.165, 1.54) is 34.6 Å². The van der Waals surface area contributed by atoms with Crippen molar-refractivity contribution in [2.24, 2.45) is 0 Å². The molecular weight excluding hydrogens is 368 g/mol. The van der Waals surface area contributed by atoms with E-state index in [0.717, 1.165) is 16.9 Å². The average molecular weight is 388 g/mol. The van der Waals surface area contributed by atoms with Gasteiger partial charge in [-0.25, -0.2) is 15.0 Å². The van der Waals surface area contributed by atoms with Gasteiger partial charge in [-0.2, -0.15) is 0 Å². The molecule has 0 unspecified atom stereocenters. The molecule has 30 heavy (non-hydrogen) atoms. The van der Waals surface area contributed by atoms with Gasteiger partial charge in [0.05, 0.1) is 0 Å². The molecule has 0 amide bonds. The third kappa shape index (κ3) is 3.40. The molecule has 0 aliphatic heterocycles. The summed E-state index contributed by atoms with van der Waals surface area (Å²) in [6.45, 7) is 0. The molecule has 5 rings (SSSR count). The Bertz CT molecular complexity index is 1310. The Kier molecular flexibility index (Phi) is 4.66. The molecule has 0 saturated heterocycles. The molecule has 0 fully saturated rings. The van der Waals surface area contributed by atoms with Gasteiger partial charge in [-0.15, -0.1) is 0 Å². The van der Waals surface area contributed by atoms with Crippen LogP contribution in [0.3, 0.4) is 0 Å². The van der Waals surface area contributed by atoms with Gasteiger partial charge < -0.3 is 4.90 Å². The zero-order valence-corrected chi connectivity index (χ0v) is 16.6. The van der Waals surface area contributed by atoms with Crippen LogP contribution in [0.1, 0.15) is 0 Å². The second-order valence-electron chi connectivity index (χ2n) is 7.15. The normalized spacial score (nSPS) is 10.8. The first kappa shape index (κ1) is 18.0. The Morgan fingerprint density at radius 1 is 0.633 bits per heavy atom. The molecule has 144 valence electrons. The predicted octanol–water partition coefficient (Wildman–Crippen LogP) is 6.13. The van der Waals surface area contributed by atoms with Gasteiger partial charge in [0.1, 0.15) is 12.7 Å². The number of rotatable bonds is 4. The summed E-state index contributed by atoms with van der Waals surface area (Å²) in [5, 5.41) is 2.51. The number of aromatic nitrogens is 3. The fourth-order valence-corrected chi connectivity index (χ4v) is 3.75. The second kappa shape index (κ2) is 7.76. The fraction of sp³-hybridized carbons (Fsp3) is 0.0385. The topological polar surface area (TPSA) is 41.9 Å². The van der Waals surface area contributed by atoms with Crippen LogP contribution in [0.2, 0.25) is 0 Å². The first-order valence-electron chi connectivity index (χ1n) is 9.84. The molecule has 0 atom stereocenters. The van der Waals surface area contributed by atoms with Crippen molar-refractivity contribution in [2.75, 3.05) is 11.9 Å². The molecule has 0 saturated carbocycles. The first-order chi connectivity index (χ1) is 14.8. The molecule has 0 aliphatic carbocycles. The SMILES string of the molecule is CN(c1cccc(-c2ncncn2)c1)c1cccc(-c2cccc3ccccc23)c1. The summed E-state index contributed by atoms with van der Waals surface area (Å²) in [6, 6.07) is 31.8. The van der Waals surface area contributed by atoms with Gasteiger partial charge in [0.2, 0.25) is 0 Å². The molecule has 1 aromatic heterocycles. The van der Waals surface area contributed by atoms with Crippen molar-refractivity contribution in [3.63, 3.8) is 0 Å². The maximum atomic E-state index is 4.26. The largest absolute Gasteiger partial charge is 0.345 e. The van der Waals surface area contributed by atoms with Gasteiger partial charge in [-0.3, -0.25) is 0 Å². The summed E-state index contributed by atoms with van der Waals surface area (Å²) in [5.74, 6) is 0.671. The van der Waals surface area contributed by atoms with Crippen LogP contribution in [-0.4, -0.2) is 22.0 Å². The van der Waals surface area contributed by atoms with Crippen molar-refractivity contribution in [3.8, 4) is 22.5 Å². The second-order valence-corrected chi connectivity index (χ2v) is 7.15. The lowest BCUT2D eigenvalue weighted by atomic mass is 9.98. The van der Waals surface area contributed by atoms with E-state index in [1.807, 2.05) is 12.1 Å². The van der Waals surface area contributed by atoms with Crippen molar-refractivity contribution >= 4 is 22.1 Å². The predicted molar refractivity (Wildman–Crippen MR) is 123 cm³/mol. The third-order valence-corrected chi connectivity index (χ3v) is 5.32. The van der Waals surface area contributed by atoms with E-state index in [4.69, 9.17) is 0 Å². The third-order valence-electron chi connectivity index (χ3n) is 5.32. The van der Waals surface area contributed by atoms with E-state index in [-0.39, 0.29) is 0 Å². The van der Waals surface area contributed by atoms with Crippen molar-refractivity contribution < 1.29 is 0 Å². The van der Waals surface area contributed by atoms with Crippen LogP contribution in [0.15, 0.2) is 104 Å². The Morgan fingerprint density at radius 2 is 1.27 bits per heavy atom. The van der Waals surface area contributed by atoms with Gasteiger partial charge in [0.25, 0.3) is 0 Å². The highest BCUT2D eigenvalue weighted by Crippen LogP contribution is 2.33. The number of benzene rings is 4. The lowest BCUT2D eigenvalue weighted by Gasteiger charge is -2.21. The van der Waals surface area contributed by atoms with Crippen LogP contribution >= 0.6 is 0 Å². The molecule has 1 heterocycles. The lowest BCUT2D eigenvalue weighted by molar-refractivity contribution is 1.05. The average Bonchev–Trinajstić information content (AvgIpc) is 2.84. The molecule has 0 aliphatic rings. The molecule has 0 radical (unpaired) electrons. The summed E-state index contributed by atoms with van der Waals surface area (Å²) < 4.78 is 0. The van der Waals surface area contributed by atoms with Crippen LogP contribution in [0.4, 0.5) is 11.4 Å². The van der Waals surface area contributed by atoms with E-state index in [0.29, 0.717) is 5.82 Å². The minimum Gasteiger partial charge on any atom is -0.345 e. The Labute approximate surface area is 175 Å². The molecule has 0 spiro atoms. The standard InChI is InChI=1S/C26H20N4/c1-30(23-12-5-10-21(16-23)26-28-17-27-18-29-26)22-11-4-9-20(15-22)25-14-6-8-19-7-2-3-13-24(19)25/h2-18H,1H3. The molecule has 0 bridgehead atoms. The van der Waals surface area contributed by atoms with Gasteiger partial charge in [0.15, 0.2) is 5.82 Å². The summed E-state index contributed by atoms with van der Waals surface area (Å²) in [7, 11) is 2.08. The number of hydrogen-bond acceptors (Lipinski definition) is 4. The summed E-state index contributed by atoms with van der Waals surface area (Å²) >= 11 is 0. The highest BCUT2D eigenvalue weighted by molar-refractivity contribution is 5.97. The molecule has 4 nitrogen and oxygen atoms in total. The smallest absolute Gasteiger partial charge is 0.162 e. The van der Waals surface area contributed by atoms with Crippen molar-refractivity contribution in [2.45, 2.75) is 0 Å². The maximum Gasteiger partial charge on any atom is 0.162 e. The number of fused-ring (bicyclic) bond motifs is 1. The van der Waals surface area contributed by atoms with Gasteiger partial charge in [0, 0.05) is 24.0 Å². The van der Waals surface area contributed by atoms with Crippen molar-refractivity contribution in [1.82, 2.24) is 15.0 Å². The number of nitrogens with zero attached hydrogens (tertiary/aromatic N) is 4. The van der Waals surface area contributed by atoms with Crippen LogP contribution in [-0.2, 0) is 0 Å². The molecular formula is C26H20N4. The monoisotopic (exact) mass is 388 g/mol. The summed E-state index contributed by atoms with van der Waals surface area (Å²) in [4.78, 5) is 14.6.